The second-order valence-electron chi connectivity index (χ2n) is 11.6. The average Bonchev–Trinajstić information content (AvgIpc) is 3.32. The van der Waals surface area contributed by atoms with E-state index in [2.05, 4.69) is 27.3 Å². The number of hydrogen-bond acceptors (Lipinski definition) is 5. The number of carbonyl (C=O) groups excluding carboxylic acids is 2. The Morgan fingerprint density at radius 1 is 1.27 bits per heavy atom. The first kappa shape index (κ1) is 33.2. The van der Waals surface area contributed by atoms with Crippen LogP contribution in [0.25, 0.3) is 0 Å². The Kier molecular flexibility index (Phi) is 10.5. The highest BCUT2D eigenvalue weighted by Gasteiger charge is 2.65. The number of nitrogens with one attached hydrogen (secondary N) is 4. The number of fused-ring (bicyclic) bond motifs is 2. The average molecular weight is 634 g/mol. The van der Waals surface area contributed by atoms with Crippen molar-refractivity contribution < 1.29 is 26.8 Å². The van der Waals surface area contributed by atoms with Crippen LogP contribution in [-0.4, -0.2) is 58.3 Å². The Morgan fingerprint density at radius 3 is 2.56 bits per heavy atom. The third kappa shape index (κ3) is 7.56. The van der Waals surface area contributed by atoms with Crippen LogP contribution in [0.3, 0.4) is 0 Å². The van der Waals surface area contributed by atoms with Gasteiger partial charge in [-0.3, -0.25) is 9.59 Å². The standard InChI is InChI=1S/C28H36Cl2F2N4O4S/c1-16(8-6-9-17(29)15-31)23-24(25(37)33-10-7-11-34-41(5,39)40)36-22(14-27(2,3)4)28(23)18-12-20(32)19(30)13-21(18)35-26(28)38/h6,8-9,12-13,22-24,34,36H,1,7,10-11,14-15H2,2-5H3,(H,33,37)(H,35,38)/b8-6-,17-9+/t22-,23+,24-,28+/m1/s1. The summed E-state index contributed by atoms with van der Waals surface area (Å²) in [5, 5.41) is 8.81. The van der Waals surface area contributed by atoms with E-state index in [4.69, 9.17) is 23.2 Å². The van der Waals surface area contributed by atoms with Crippen molar-refractivity contribution in [2.24, 2.45) is 11.3 Å². The first-order valence-corrected chi connectivity index (χ1v) is 15.7. The summed E-state index contributed by atoms with van der Waals surface area (Å²) in [6.07, 6.45) is 6.19. The molecule has 2 aliphatic heterocycles. The van der Waals surface area contributed by atoms with Gasteiger partial charge in [-0.1, -0.05) is 62.7 Å². The van der Waals surface area contributed by atoms with E-state index in [1.54, 1.807) is 6.08 Å². The lowest BCUT2D eigenvalue weighted by molar-refractivity contribution is -0.124. The lowest BCUT2D eigenvalue weighted by Crippen LogP contribution is -2.50. The van der Waals surface area contributed by atoms with Gasteiger partial charge in [-0.25, -0.2) is 21.9 Å². The maximum Gasteiger partial charge on any atom is 0.237 e. The van der Waals surface area contributed by atoms with Gasteiger partial charge in [-0.15, -0.1) is 0 Å². The third-order valence-corrected chi connectivity index (χ3v) is 8.36. The minimum Gasteiger partial charge on any atom is -0.355 e. The number of anilines is 1. The molecule has 0 saturated carbocycles. The van der Waals surface area contributed by atoms with E-state index < -0.39 is 57.7 Å². The Balaban J connectivity index is 2.10. The molecular weight excluding hydrogens is 597 g/mol. The predicted molar refractivity (Wildman–Crippen MR) is 159 cm³/mol. The minimum absolute atomic E-state index is 0.0448. The van der Waals surface area contributed by atoms with Crippen LogP contribution in [0.15, 0.2) is 47.5 Å². The number of sulfonamides is 1. The van der Waals surface area contributed by atoms with Crippen LogP contribution in [-0.2, 0) is 25.0 Å². The number of allylic oxidation sites excluding steroid dienone is 4. The van der Waals surface area contributed by atoms with Crippen molar-refractivity contribution in [3.05, 3.63) is 63.9 Å². The number of hydrogen-bond donors (Lipinski definition) is 4. The number of carbonyl (C=O) groups is 2. The van der Waals surface area contributed by atoms with E-state index in [0.717, 1.165) is 6.26 Å². The van der Waals surface area contributed by atoms with E-state index in [0.29, 0.717) is 29.7 Å². The monoisotopic (exact) mass is 632 g/mol. The fraction of sp³-hybridized carbons (Fsp3) is 0.500. The maximum absolute atomic E-state index is 14.9. The quantitative estimate of drug-likeness (QED) is 0.214. The van der Waals surface area contributed by atoms with E-state index in [-0.39, 0.29) is 28.6 Å². The van der Waals surface area contributed by atoms with Gasteiger partial charge >= 0.3 is 0 Å². The number of amides is 2. The van der Waals surface area contributed by atoms with Crippen molar-refractivity contribution in [1.82, 2.24) is 15.4 Å². The van der Waals surface area contributed by atoms with Crippen molar-refractivity contribution in [2.75, 3.05) is 31.3 Å². The highest BCUT2D eigenvalue weighted by molar-refractivity contribution is 7.88. The van der Waals surface area contributed by atoms with Crippen LogP contribution < -0.4 is 20.7 Å². The van der Waals surface area contributed by atoms with Gasteiger partial charge in [0.1, 0.15) is 17.9 Å². The number of halogens is 4. The molecule has 0 radical (unpaired) electrons. The molecule has 13 heteroatoms. The first-order valence-electron chi connectivity index (χ1n) is 13.1. The lowest BCUT2D eigenvalue weighted by Gasteiger charge is -2.37. The maximum atomic E-state index is 14.9. The fourth-order valence-corrected chi connectivity index (χ4v) is 6.33. The molecule has 2 aliphatic rings. The van der Waals surface area contributed by atoms with Crippen molar-refractivity contribution in [3.8, 4) is 0 Å². The smallest absolute Gasteiger partial charge is 0.237 e. The first-order chi connectivity index (χ1) is 19.0. The van der Waals surface area contributed by atoms with E-state index in [1.807, 2.05) is 20.8 Å². The third-order valence-electron chi connectivity index (χ3n) is 7.11. The van der Waals surface area contributed by atoms with Gasteiger partial charge in [0.2, 0.25) is 21.8 Å². The zero-order valence-corrected chi connectivity index (χ0v) is 25.7. The van der Waals surface area contributed by atoms with Crippen molar-refractivity contribution in [2.45, 2.75) is 51.1 Å². The molecule has 0 bridgehead atoms. The van der Waals surface area contributed by atoms with Gasteiger partial charge in [0.15, 0.2) is 0 Å². The molecule has 1 saturated heterocycles. The largest absolute Gasteiger partial charge is 0.355 e. The summed E-state index contributed by atoms with van der Waals surface area (Å²) >= 11 is 11.9. The van der Waals surface area contributed by atoms with E-state index in [9.17, 15) is 26.8 Å². The number of benzene rings is 1. The van der Waals surface area contributed by atoms with Gasteiger partial charge in [0, 0.05) is 35.8 Å². The highest BCUT2D eigenvalue weighted by atomic mass is 35.5. The molecule has 1 aromatic carbocycles. The Labute approximate surface area is 250 Å². The fourth-order valence-electron chi connectivity index (χ4n) is 5.58. The van der Waals surface area contributed by atoms with Crippen LogP contribution in [0.4, 0.5) is 14.5 Å². The van der Waals surface area contributed by atoms with Gasteiger partial charge in [-0.2, -0.15) is 0 Å². The molecule has 41 heavy (non-hydrogen) atoms. The van der Waals surface area contributed by atoms with Crippen LogP contribution >= 0.6 is 23.2 Å². The van der Waals surface area contributed by atoms with Crippen molar-refractivity contribution in [3.63, 3.8) is 0 Å². The van der Waals surface area contributed by atoms with Crippen LogP contribution in [0.1, 0.15) is 39.2 Å². The second-order valence-corrected chi connectivity index (χ2v) is 14.3. The Morgan fingerprint density at radius 2 is 1.95 bits per heavy atom. The number of rotatable bonds is 11. The molecular formula is C28H36Cl2F2N4O4S. The second kappa shape index (κ2) is 12.9. The Bertz CT molecular complexity index is 1380. The van der Waals surface area contributed by atoms with Gasteiger partial charge in [0.25, 0.3) is 0 Å². The molecule has 0 aromatic heterocycles. The molecule has 1 fully saturated rings. The molecule has 4 atom stereocenters. The molecule has 0 unspecified atom stereocenters. The summed E-state index contributed by atoms with van der Waals surface area (Å²) in [6.45, 7) is 9.58. The van der Waals surface area contributed by atoms with Crippen molar-refractivity contribution in [1.29, 1.82) is 0 Å². The topological polar surface area (TPSA) is 116 Å². The molecule has 2 heterocycles. The zero-order valence-electron chi connectivity index (χ0n) is 23.4. The van der Waals surface area contributed by atoms with Gasteiger partial charge in [-0.05, 0) is 47.6 Å². The molecule has 1 aromatic rings. The van der Waals surface area contributed by atoms with E-state index >= 15 is 0 Å². The number of alkyl halides is 1. The summed E-state index contributed by atoms with van der Waals surface area (Å²) in [5.74, 6) is -2.47. The van der Waals surface area contributed by atoms with Crippen LogP contribution in [0.5, 0.6) is 0 Å². The minimum atomic E-state index is -3.37. The van der Waals surface area contributed by atoms with Gasteiger partial charge < -0.3 is 16.0 Å². The molecule has 8 nitrogen and oxygen atoms in total. The normalized spacial score (nSPS) is 24.6. The molecule has 3 rings (SSSR count). The summed E-state index contributed by atoms with van der Waals surface area (Å²) < 4.78 is 52.9. The van der Waals surface area contributed by atoms with E-state index in [1.165, 1.54) is 24.3 Å². The van der Waals surface area contributed by atoms with Gasteiger partial charge in [0.05, 0.1) is 17.3 Å². The summed E-state index contributed by atoms with van der Waals surface area (Å²) in [7, 11) is -3.37. The molecule has 226 valence electrons. The predicted octanol–water partition coefficient (Wildman–Crippen LogP) is 4.32. The summed E-state index contributed by atoms with van der Waals surface area (Å²) in [5.41, 5.74) is -0.679. The van der Waals surface area contributed by atoms with Crippen molar-refractivity contribution >= 4 is 50.7 Å². The lowest BCUT2D eigenvalue weighted by atomic mass is 9.62. The Hall–Kier alpha value is -2.31. The SMILES string of the molecule is C=C(/C=C\C=C(\Cl)CF)[C@H]1[C@H](C(=O)NCCCNS(C)(=O)=O)N[C@H](CC(C)(C)C)[C@]12C(=O)Nc1cc(Cl)c(F)cc12. The molecule has 2 amide bonds. The van der Waals surface area contributed by atoms with Crippen LogP contribution in [0, 0.1) is 17.2 Å². The highest BCUT2D eigenvalue weighted by Crippen LogP contribution is 2.55. The zero-order chi connectivity index (χ0) is 30.8. The summed E-state index contributed by atoms with van der Waals surface area (Å²) in [4.78, 5) is 27.7. The molecule has 1 spiro atoms. The van der Waals surface area contributed by atoms with Crippen LogP contribution in [0.2, 0.25) is 5.02 Å². The summed E-state index contributed by atoms with van der Waals surface area (Å²) in [6, 6.07) is 0.994. The molecule has 4 N–H and O–H groups in total. The molecule has 0 aliphatic carbocycles.